The van der Waals surface area contributed by atoms with E-state index in [0.29, 0.717) is 23.8 Å². The second-order valence-corrected chi connectivity index (χ2v) is 5.06. The number of nitrogens with zero attached hydrogens (tertiary/aromatic N) is 1. The third-order valence-electron chi connectivity index (χ3n) is 3.90. The molecule has 2 nitrogen and oxygen atoms in total. The lowest BCUT2D eigenvalue weighted by Crippen LogP contribution is -2.39. The van der Waals surface area contributed by atoms with Crippen molar-refractivity contribution in [2.45, 2.75) is 51.5 Å². The fourth-order valence-corrected chi connectivity index (χ4v) is 2.58. The Balaban J connectivity index is 1.86. The van der Waals surface area contributed by atoms with Gasteiger partial charge in [0.2, 0.25) is 5.91 Å². The van der Waals surface area contributed by atoms with Crippen LogP contribution in [0.5, 0.6) is 0 Å². The summed E-state index contributed by atoms with van der Waals surface area (Å²) in [6, 6.07) is 0.545. The zero-order valence-corrected chi connectivity index (χ0v) is 9.33. The van der Waals surface area contributed by atoms with Crippen molar-refractivity contribution >= 4 is 5.91 Å². The Bertz CT molecular complexity index is 220. The second kappa shape index (κ2) is 3.92. The zero-order valence-electron chi connectivity index (χ0n) is 9.33. The van der Waals surface area contributed by atoms with Crippen molar-refractivity contribution in [2.24, 2.45) is 11.8 Å². The maximum atomic E-state index is 11.9. The minimum Gasteiger partial charge on any atom is -0.343 e. The highest BCUT2D eigenvalue weighted by atomic mass is 16.2. The van der Waals surface area contributed by atoms with E-state index in [-0.39, 0.29) is 0 Å². The highest BCUT2D eigenvalue weighted by Gasteiger charge is 2.41. The van der Waals surface area contributed by atoms with Gasteiger partial charge >= 0.3 is 0 Å². The van der Waals surface area contributed by atoms with Gasteiger partial charge in [-0.15, -0.1) is 0 Å². The Kier molecular flexibility index (Phi) is 2.80. The van der Waals surface area contributed by atoms with Gasteiger partial charge in [-0.25, -0.2) is 0 Å². The van der Waals surface area contributed by atoms with Crippen LogP contribution in [0, 0.1) is 11.8 Å². The number of amides is 1. The van der Waals surface area contributed by atoms with Crippen molar-refractivity contribution in [1.82, 2.24) is 4.90 Å². The molecule has 0 spiro atoms. The molecule has 80 valence electrons. The summed E-state index contributed by atoms with van der Waals surface area (Å²) >= 11 is 0. The summed E-state index contributed by atoms with van der Waals surface area (Å²) in [5.41, 5.74) is 0. The van der Waals surface area contributed by atoms with E-state index >= 15 is 0 Å². The van der Waals surface area contributed by atoms with E-state index in [1.54, 1.807) is 0 Å². The van der Waals surface area contributed by atoms with Crippen LogP contribution in [-0.4, -0.2) is 23.9 Å². The summed E-state index contributed by atoms with van der Waals surface area (Å²) in [5.74, 6) is 1.42. The predicted molar refractivity (Wildman–Crippen MR) is 56.9 cm³/mol. The molecule has 2 atom stereocenters. The van der Waals surface area contributed by atoms with Crippen LogP contribution in [0.15, 0.2) is 0 Å². The number of carbonyl (C=O) groups is 1. The van der Waals surface area contributed by atoms with Gasteiger partial charge < -0.3 is 4.90 Å². The fourth-order valence-electron chi connectivity index (χ4n) is 2.58. The van der Waals surface area contributed by atoms with Crippen molar-refractivity contribution in [2.75, 3.05) is 7.05 Å². The van der Waals surface area contributed by atoms with Gasteiger partial charge in [-0.05, 0) is 25.2 Å². The normalized spacial score (nSPS) is 32.7. The summed E-state index contributed by atoms with van der Waals surface area (Å²) in [7, 11) is 2.00. The SMILES string of the molecule is CC1CC1C(=O)N(C)C1CCCCC1. The zero-order chi connectivity index (χ0) is 10.1. The molecule has 0 radical (unpaired) electrons. The van der Waals surface area contributed by atoms with E-state index in [0.717, 1.165) is 6.42 Å². The number of rotatable bonds is 2. The summed E-state index contributed by atoms with van der Waals surface area (Å²) < 4.78 is 0. The molecule has 2 saturated carbocycles. The van der Waals surface area contributed by atoms with Gasteiger partial charge in [0, 0.05) is 19.0 Å². The van der Waals surface area contributed by atoms with Gasteiger partial charge in [0.05, 0.1) is 0 Å². The molecular weight excluding hydrogens is 174 g/mol. The lowest BCUT2D eigenvalue weighted by atomic mass is 9.94. The maximum Gasteiger partial charge on any atom is 0.225 e. The van der Waals surface area contributed by atoms with Gasteiger partial charge in [-0.2, -0.15) is 0 Å². The molecular formula is C12H21NO. The van der Waals surface area contributed by atoms with Crippen LogP contribution in [0.25, 0.3) is 0 Å². The Morgan fingerprint density at radius 1 is 1.21 bits per heavy atom. The topological polar surface area (TPSA) is 20.3 Å². The van der Waals surface area contributed by atoms with Gasteiger partial charge in [0.25, 0.3) is 0 Å². The Hall–Kier alpha value is -0.530. The van der Waals surface area contributed by atoms with Crippen molar-refractivity contribution in [1.29, 1.82) is 0 Å². The molecule has 2 heteroatoms. The molecule has 2 rings (SSSR count). The van der Waals surface area contributed by atoms with Crippen LogP contribution < -0.4 is 0 Å². The first-order chi connectivity index (χ1) is 6.70. The van der Waals surface area contributed by atoms with E-state index in [1.165, 1.54) is 32.1 Å². The minimum atomic E-state index is 0.363. The molecule has 0 aromatic heterocycles. The Morgan fingerprint density at radius 2 is 1.79 bits per heavy atom. The third kappa shape index (κ3) is 1.94. The number of hydrogen-bond donors (Lipinski definition) is 0. The molecule has 0 aromatic rings. The van der Waals surface area contributed by atoms with Crippen LogP contribution in [0.4, 0.5) is 0 Å². The standard InChI is InChI=1S/C12H21NO/c1-9-8-11(9)12(14)13(2)10-6-4-3-5-7-10/h9-11H,3-8H2,1-2H3. The molecule has 0 heterocycles. The van der Waals surface area contributed by atoms with Gasteiger partial charge in [0.15, 0.2) is 0 Å². The molecule has 0 N–H and O–H groups in total. The number of carbonyl (C=O) groups excluding carboxylic acids is 1. The molecule has 0 bridgehead atoms. The Morgan fingerprint density at radius 3 is 2.29 bits per heavy atom. The summed E-state index contributed by atoms with van der Waals surface area (Å²) in [6.45, 7) is 2.18. The molecule has 14 heavy (non-hydrogen) atoms. The van der Waals surface area contributed by atoms with Crippen molar-refractivity contribution in [3.63, 3.8) is 0 Å². The third-order valence-corrected chi connectivity index (χ3v) is 3.90. The van der Waals surface area contributed by atoms with Crippen molar-refractivity contribution < 1.29 is 4.79 Å². The van der Waals surface area contributed by atoms with Gasteiger partial charge in [0.1, 0.15) is 0 Å². The fraction of sp³-hybridized carbons (Fsp3) is 0.917. The molecule has 2 fully saturated rings. The van der Waals surface area contributed by atoms with Crippen molar-refractivity contribution in [3.8, 4) is 0 Å². The molecule has 0 saturated heterocycles. The molecule has 2 aliphatic carbocycles. The first kappa shape index (κ1) is 10.0. The highest BCUT2D eigenvalue weighted by Crippen LogP contribution is 2.39. The average molecular weight is 195 g/mol. The van der Waals surface area contributed by atoms with Crippen molar-refractivity contribution in [3.05, 3.63) is 0 Å². The summed E-state index contributed by atoms with van der Waals surface area (Å²) in [4.78, 5) is 14.0. The molecule has 0 aromatic carbocycles. The van der Waals surface area contributed by atoms with Crippen LogP contribution in [0.1, 0.15) is 45.4 Å². The van der Waals surface area contributed by atoms with Crippen LogP contribution in [-0.2, 0) is 4.79 Å². The molecule has 0 aliphatic heterocycles. The van der Waals surface area contributed by atoms with Gasteiger partial charge in [-0.1, -0.05) is 26.2 Å². The minimum absolute atomic E-state index is 0.363. The first-order valence-electron chi connectivity index (χ1n) is 5.97. The van der Waals surface area contributed by atoms with E-state index in [4.69, 9.17) is 0 Å². The molecule has 1 amide bonds. The maximum absolute atomic E-state index is 11.9. The largest absolute Gasteiger partial charge is 0.343 e. The molecule has 2 aliphatic rings. The van der Waals surface area contributed by atoms with Crippen LogP contribution in [0.3, 0.4) is 0 Å². The lowest BCUT2D eigenvalue weighted by molar-refractivity contribution is -0.134. The summed E-state index contributed by atoms with van der Waals surface area (Å²) in [5, 5.41) is 0. The van der Waals surface area contributed by atoms with E-state index in [9.17, 15) is 4.79 Å². The molecule has 2 unspecified atom stereocenters. The second-order valence-electron chi connectivity index (χ2n) is 5.06. The van der Waals surface area contributed by atoms with Crippen LogP contribution in [0.2, 0.25) is 0 Å². The Labute approximate surface area is 86.7 Å². The van der Waals surface area contributed by atoms with Gasteiger partial charge in [-0.3, -0.25) is 4.79 Å². The lowest BCUT2D eigenvalue weighted by Gasteiger charge is -2.31. The monoisotopic (exact) mass is 195 g/mol. The number of hydrogen-bond acceptors (Lipinski definition) is 1. The van der Waals surface area contributed by atoms with E-state index < -0.39 is 0 Å². The first-order valence-corrected chi connectivity index (χ1v) is 5.97. The predicted octanol–water partition coefficient (Wildman–Crippen LogP) is 2.43. The smallest absolute Gasteiger partial charge is 0.225 e. The van der Waals surface area contributed by atoms with E-state index in [2.05, 4.69) is 6.92 Å². The van der Waals surface area contributed by atoms with Crippen LogP contribution >= 0.6 is 0 Å². The summed E-state index contributed by atoms with van der Waals surface area (Å²) in [6.07, 6.45) is 7.55. The quantitative estimate of drug-likeness (QED) is 0.662. The highest BCUT2D eigenvalue weighted by molar-refractivity contribution is 5.81. The van der Waals surface area contributed by atoms with E-state index in [1.807, 2.05) is 11.9 Å². The average Bonchev–Trinajstić information content (AvgIpc) is 2.95.